The third-order valence-corrected chi connectivity index (χ3v) is 0.918. The van der Waals surface area contributed by atoms with Gasteiger partial charge in [0.15, 0.2) is 0 Å². The molecule has 42 valence electrons. The van der Waals surface area contributed by atoms with Gasteiger partial charge in [-0.3, -0.25) is 0 Å². The van der Waals surface area contributed by atoms with E-state index in [1.807, 2.05) is 13.1 Å². The van der Waals surface area contributed by atoms with Crippen molar-refractivity contribution in [1.82, 2.24) is 9.78 Å². The number of aryl methyl sites for hydroxylation is 1. The molecule has 0 spiro atoms. The fraction of sp³-hybridized carbons (Fsp3) is 0.167. The predicted molar refractivity (Wildman–Crippen MR) is 33.4 cm³/mol. The van der Waals surface area contributed by atoms with Gasteiger partial charge in [-0.1, -0.05) is 6.58 Å². The molecule has 1 aromatic rings. The average Bonchev–Trinajstić information content (AvgIpc) is 2.14. The highest BCUT2D eigenvalue weighted by Crippen LogP contribution is 1.92. The van der Waals surface area contributed by atoms with Gasteiger partial charge in [0, 0.05) is 12.4 Å². The van der Waals surface area contributed by atoms with Gasteiger partial charge in [-0.25, -0.2) is 4.68 Å². The van der Waals surface area contributed by atoms with E-state index in [0.717, 1.165) is 5.56 Å². The maximum Gasteiger partial charge on any atom is 0.0523 e. The van der Waals surface area contributed by atoms with Crippen molar-refractivity contribution in [1.29, 1.82) is 0 Å². The molecule has 2 heteroatoms. The van der Waals surface area contributed by atoms with E-state index >= 15 is 0 Å². The summed E-state index contributed by atoms with van der Waals surface area (Å²) in [6.45, 7) is 5.54. The van der Waals surface area contributed by atoms with Crippen molar-refractivity contribution in [3.8, 4) is 0 Å². The maximum atomic E-state index is 3.93. The van der Waals surface area contributed by atoms with Gasteiger partial charge in [0.2, 0.25) is 0 Å². The maximum absolute atomic E-state index is 3.93. The minimum atomic E-state index is 1.16. The van der Waals surface area contributed by atoms with Gasteiger partial charge >= 0.3 is 0 Å². The number of hydrogen-bond acceptors (Lipinski definition) is 1. The molecule has 0 bridgehead atoms. The lowest BCUT2D eigenvalue weighted by atomic mass is 10.4. The first-order chi connectivity index (χ1) is 3.83. The van der Waals surface area contributed by atoms with Crippen LogP contribution in [0.1, 0.15) is 5.56 Å². The minimum absolute atomic E-state index is 1.16. The summed E-state index contributed by atoms with van der Waals surface area (Å²) < 4.78 is 1.68. The van der Waals surface area contributed by atoms with Crippen molar-refractivity contribution in [2.75, 3.05) is 0 Å². The molecule has 0 radical (unpaired) electrons. The highest BCUT2D eigenvalue weighted by molar-refractivity contribution is 5.16. The second kappa shape index (κ2) is 1.82. The van der Waals surface area contributed by atoms with Crippen LogP contribution in [0.15, 0.2) is 19.0 Å². The molecule has 0 atom stereocenters. The van der Waals surface area contributed by atoms with Crippen LogP contribution in [0.2, 0.25) is 0 Å². The van der Waals surface area contributed by atoms with E-state index in [4.69, 9.17) is 0 Å². The minimum Gasteiger partial charge on any atom is -0.249 e. The summed E-state index contributed by atoms with van der Waals surface area (Å²) in [6.07, 6.45) is 5.36. The topological polar surface area (TPSA) is 17.8 Å². The SMILES string of the molecule is C=Cn1cc(C)cn1. The Morgan fingerprint density at radius 1 is 1.88 bits per heavy atom. The van der Waals surface area contributed by atoms with Crippen LogP contribution in [0, 0.1) is 6.92 Å². The highest BCUT2D eigenvalue weighted by atomic mass is 15.2. The second-order valence-corrected chi connectivity index (χ2v) is 1.68. The van der Waals surface area contributed by atoms with Crippen LogP contribution in [-0.2, 0) is 0 Å². The van der Waals surface area contributed by atoms with E-state index in [1.54, 1.807) is 17.1 Å². The molecule has 0 saturated carbocycles. The third kappa shape index (κ3) is 0.780. The Morgan fingerprint density at radius 2 is 2.62 bits per heavy atom. The smallest absolute Gasteiger partial charge is 0.0523 e. The van der Waals surface area contributed by atoms with Crippen molar-refractivity contribution in [3.63, 3.8) is 0 Å². The third-order valence-electron chi connectivity index (χ3n) is 0.918. The summed E-state index contributed by atoms with van der Waals surface area (Å²) in [4.78, 5) is 0. The fourth-order valence-electron chi connectivity index (χ4n) is 0.533. The molecule has 0 unspecified atom stereocenters. The number of aromatic nitrogens is 2. The first kappa shape index (κ1) is 5.09. The molecule has 0 fully saturated rings. The monoisotopic (exact) mass is 108 g/mol. The standard InChI is InChI=1S/C6H8N2/c1-3-8-5-6(2)4-7-8/h3-5H,1H2,2H3. The second-order valence-electron chi connectivity index (χ2n) is 1.68. The van der Waals surface area contributed by atoms with Crippen LogP contribution in [0.5, 0.6) is 0 Å². The van der Waals surface area contributed by atoms with Crippen LogP contribution >= 0.6 is 0 Å². The van der Waals surface area contributed by atoms with Crippen molar-refractivity contribution < 1.29 is 0 Å². The van der Waals surface area contributed by atoms with E-state index in [1.165, 1.54) is 0 Å². The van der Waals surface area contributed by atoms with E-state index in [9.17, 15) is 0 Å². The van der Waals surface area contributed by atoms with Crippen LogP contribution in [-0.4, -0.2) is 9.78 Å². The van der Waals surface area contributed by atoms with Gasteiger partial charge in [-0.2, -0.15) is 5.10 Å². The molecule has 0 amide bonds. The molecule has 0 aliphatic heterocycles. The van der Waals surface area contributed by atoms with Crippen LogP contribution in [0.3, 0.4) is 0 Å². The molecule has 1 heterocycles. The number of nitrogens with zero attached hydrogens (tertiary/aromatic N) is 2. The first-order valence-corrected chi connectivity index (χ1v) is 2.46. The van der Waals surface area contributed by atoms with E-state index in [2.05, 4.69) is 11.7 Å². The zero-order valence-electron chi connectivity index (χ0n) is 4.83. The number of rotatable bonds is 1. The van der Waals surface area contributed by atoms with E-state index in [0.29, 0.717) is 0 Å². The Kier molecular flexibility index (Phi) is 1.16. The lowest BCUT2D eigenvalue weighted by molar-refractivity contribution is 0.937. The van der Waals surface area contributed by atoms with Gasteiger partial charge in [0.1, 0.15) is 0 Å². The average molecular weight is 108 g/mol. The Morgan fingerprint density at radius 3 is 2.88 bits per heavy atom. The largest absolute Gasteiger partial charge is 0.249 e. The van der Waals surface area contributed by atoms with E-state index < -0.39 is 0 Å². The summed E-state index contributed by atoms with van der Waals surface area (Å²) in [5, 5.41) is 3.93. The van der Waals surface area contributed by atoms with Crippen LogP contribution < -0.4 is 0 Å². The molecule has 0 saturated heterocycles. The normalized spacial score (nSPS) is 9.12. The molecule has 2 nitrogen and oxygen atoms in total. The quantitative estimate of drug-likeness (QED) is 0.530. The molecule has 1 rings (SSSR count). The van der Waals surface area contributed by atoms with Gasteiger partial charge in [0.05, 0.1) is 6.20 Å². The van der Waals surface area contributed by atoms with Crippen LogP contribution in [0.4, 0.5) is 0 Å². The van der Waals surface area contributed by atoms with Crippen LogP contribution in [0.25, 0.3) is 6.20 Å². The molecule has 1 aromatic heterocycles. The molecular weight excluding hydrogens is 100 g/mol. The Balaban J connectivity index is 3.00. The summed E-state index contributed by atoms with van der Waals surface area (Å²) in [5.41, 5.74) is 1.16. The predicted octanol–water partition coefficient (Wildman–Crippen LogP) is 1.29. The van der Waals surface area contributed by atoms with E-state index in [-0.39, 0.29) is 0 Å². The van der Waals surface area contributed by atoms with Crippen molar-refractivity contribution in [3.05, 3.63) is 24.5 Å². The highest BCUT2D eigenvalue weighted by Gasteiger charge is 1.83. The molecular formula is C6H8N2. The van der Waals surface area contributed by atoms with Gasteiger partial charge < -0.3 is 0 Å². The molecule has 0 aliphatic carbocycles. The Bertz CT molecular complexity index is 188. The Labute approximate surface area is 48.4 Å². The van der Waals surface area contributed by atoms with Crippen molar-refractivity contribution >= 4 is 6.20 Å². The summed E-state index contributed by atoms with van der Waals surface area (Å²) in [7, 11) is 0. The molecule has 8 heavy (non-hydrogen) atoms. The van der Waals surface area contributed by atoms with Gasteiger partial charge in [-0.05, 0) is 12.5 Å². The molecule has 0 N–H and O–H groups in total. The van der Waals surface area contributed by atoms with Crippen molar-refractivity contribution in [2.45, 2.75) is 6.92 Å². The zero-order chi connectivity index (χ0) is 5.98. The van der Waals surface area contributed by atoms with Crippen molar-refractivity contribution in [2.24, 2.45) is 0 Å². The number of hydrogen-bond donors (Lipinski definition) is 0. The molecule has 0 aromatic carbocycles. The summed E-state index contributed by atoms with van der Waals surface area (Å²) in [6, 6.07) is 0. The lowest BCUT2D eigenvalue weighted by Gasteiger charge is -1.82. The van der Waals surface area contributed by atoms with Gasteiger partial charge in [0.25, 0.3) is 0 Å². The Hall–Kier alpha value is -1.05. The zero-order valence-corrected chi connectivity index (χ0v) is 4.83. The fourth-order valence-corrected chi connectivity index (χ4v) is 0.533. The lowest BCUT2D eigenvalue weighted by Crippen LogP contribution is -1.81. The summed E-state index contributed by atoms with van der Waals surface area (Å²) in [5.74, 6) is 0. The summed E-state index contributed by atoms with van der Waals surface area (Å²) >= 11 is 0. The molecule has 0 aliphatic rings. The first-order valence-electron chi connectivity index (χ1n) is 2.46. The van der Waals surface area contributed by atoms with Gasteiger partial charge in [-0.15, -0.1) is 0 Å².